The Labute approximate surface area is 101 Å². The molecule has 2 aromatic rings. The lowest BCUT2D eigenvalue weighted by Gasteiger charge is -2.08. The van der Waals surface area contributed by atoms with E-state index in [0.717, 1.165) is 36.8 Å². The highest BCUT2D eigenvalue weighted by Crippen LogP contribution is 2.10. The van der Waals surface area contributed by atoms with E-state index in [9.17, 15) is 0 Å². The van der Waals surface area contributed by atoms with Crippen LogP contribution in [0.4, 0.5) is 5.82 Å². The van der Waals surface area contributed by atoms with Crippen molar-refractivity contribution >= 4 is 5.82 Å². The number of rotatable bonds is 5. The monoisotopic (exact) mass is 231 g/mol. The van der Waals surface area contributed by atoms with Crippen molar-refractivity contribution in [1.82, 2.24) is 19.7 Å². The molecular weight excluding hydrogens is 214 g/mol. The van der Waals surface area contributed by atoms with Gasteiger partial charge in [-0.1, -0.05) is 13.8 Å². The average molecular weight is 231 g/mol. The Morgan fingerprint density at radius 3 is 2.82 bits per heavy atom. The van der Waals surface area contributed by atoms with Gasteiger partial charge >= 0.3 is 0 Å². The smallest absolute Gasteiger partial charge is 0.159 e. The van der Waals surface area contributed by atoms with Gasteiger partial charge in [0.05, 0.1) is 0 Å². The summed E-state index contributed by atoms with van der Waals surface area (Å²) < 4.78 is 1.75. The molecule has 2 heterocycles. The Morgan fingerprint density at radius 2 is 2.18 bits per heavy atom. The third kappa shape index (κ3) is 2.81. The summed E-state index contributed by atoms with van der Waals surface area (Å²) in [6.45, 7) is 5.09. The van der Waals surface area contributed by atoms with Gasteiger partial charge in [0.2, 0.25) is 0 Å². The van der Waals surface area contributed by atoms with Crippen LogP contribution in [-0.4, -0.2) is 26.3 Å². The summed E-state index contributed by atoms with van der Waals surface area (Å²) >= 11 is 0. The van der Waals surface area contributed by atoms with Crippen molar-refractivity contribution in [1.29, 1.82) is 0 Å². The molecule has 0 unspecified atom stereocenters. The molecule has 17 heavy (non-hydrogen) atoms. The van der Waals surface area contributed by atoms with Gasteiger partial charge in [0.25, 0.3) is 0 Å². The molecule has 0 aliphatic heterocycles. The molecule has 2 rings (SSSR count). The van der Waals surface area contributed by atoms with Crippen LogP contribution in [0.1, 0.15) is 26.1 Å². The molecule has 0 saturated carbocycles. The van der Waals surface area contributed by atoms with E-state index in [1.165, 1.54) is 0 Å². The summed E-state index contributed by atoms with van der Waals surface area (Å²) in [5, 5.41) is 7.46. The van der Waals surface area contributed by atoms with Crippen molar-refractivity contribution in [2.75, 3.05) is 11.9 Å². The van der Waals surface area contributed by atoms with Gasteiger partial charge in [-0.3, -0.25) is 0 Å². The molecule has 1 N–H and O–H groups in total. The lowest BCUT2D eigenvalue weighted by atomic mass is 10.4. The Hall–Kier alpha value is -1.91. The maximum absolute atomic E-state index is 4.45. The fraction of sp³-hybridized carbons (Fsp3) is 0.417. The fourth-order valence-corrected chi connectivity index (χ4v) is 1.51. The number of aryl methyl sites for hydroxylation is 1. The highest BCUT2D eigenvalue weighted by Gasteiger charge is 2.04. The number of hydrogen-bond acceptors (Lipinski definition) is 4. The van der Waals surface area contributed by atoms with Crippen molar-refractivity contribution in [3.63, 3.8) is 0 Å². The molecule has 0 bridgehead atoms. The predicted molar refractivity (Wildman–Crippen MR) is 67.3 cm³/mol. The van der Waals surface area contributed by atoms with Gasteiger partial charge in [-0.25, -0.2) is 14.6 Å². The highest BCUT2D eigenvalue weighted by atomic mass is 15.3. The topological polar surface area (TPSA) is 55.6 Å². The minimum atomic E-state index is 0.806. The van der Waals surface area contributed by atoms with Gasteiger partial charge in [-0.15, -0.1) is 0 Å². The van der Waals surface area contributed by atoms with E-state index in [0.29, 0.717) is 0 Å². The third-order valence-corrected chi connectivity index (χ3v) is 2.37. The van der Waals surface area contributed by atoms with E-state index in [2.05, 4.69) is 27.3 Å². The summed E-state index contributed by atoms with van der Waals surface area (Å²) in [7, 11) is 0. The first-order chi connectivity index (χ1) is 8.33. The van der Waals surface area contributed by atoms with Crippen LogP contribution in [0.5, 0.6) is 0 Å². The SMILES string of the molecule is CCCNc1cc(-n2cccn2)nc(CC)n1. The summed E-state index contributed by atoms with van der Waals surface area (Å²) in [6, 6.07) is 3.80. The maximum Gasteiger partial charge on any atom is 0.159 e. The minimum absolute atomic E-state index is 0.806. The number of nitrogens with zero attached hydrogens (tertiary/aromatic N) is 4. The minimum Gasteiger partial charge on any atom is -0.370 e. The van der Waals surface area contributed by atoms with Crippen LogP contribution in [0.3, 0.4) is 0 Å². The average Bonchev–Trinajstić information content (AvgIpc) is 2.89. The van der Waals surface area contributed by atoms with Crippen LogP contribution in [0.2, 0.25) is 0 Å². The second-order valence-electron chi connectivity index (χ2n) is 3.76. The van der Waals surface area contributed by atoms with Crippen LogP contribution in [-0.2, 0) is 6.42 Å². The number of hydrogen-bond donors (Lipinski definition) is 1. The first kappa shape index (κ1) is 11.6. The Balaban J connectivity index is 2.32. The van der Waals surface area contributed by atoms with Crippen LogP contribution >= 0.6 is 0 Å². The van der Waals surface area contributed by atoms with Gasteiger partial charge in [0.15, 0.2) is 5.82 Å². The molecule has 0 saturated heterocycles. The molecular formula is C12H17N5. The molecule has 0 aliphatic rings. The van der Waals surface area contributed by atoms with Crippen LogP contribution in [0, 0.1) is 0 Å². The third-order valence-electron chi connectivity index (χ3n) is 2.37. The molecule has 90 valence electrons. The van der Waals surface area contributed by atoms with Crippen LogP contribution in [0.25, 0.3) is 5.82 Å². The van der Waals surface area contributed by atoms with E-state index >= 15 is 0 Å². The standard InChI is InChI=1S/C12H17N5/c1-3-6-13-11-9-12(16-10(4-2)15-11)17-8-5-7-14-17/h5,7-9H,3-4,6H2,1-2H3,(H,13,15,16). The second kappa shape index (κ2) is 5.43. The fourth-order valence-electron chi connectivity index (χ4n) is 1.51. The van der Waals surface area contributed by atoms with Crippen LogP contribution < -0.4 is 5.32 Å². The van der Waals surface area contributed by atoms with E-state index in [4.69, 9.17) is 0 Å². The number of anilines is 1. The van der Waals surface area contributed by atoms with E-state index in [1.807, 2.05) is 25.3 Å². The van der Waals surface area contributed by atoms with Crippen molar-refractivity contribution in [3.05, 3.63) is 30.4 Å². The van der Waals surface area contributed by atoms with Crippen molar-refractivity contribution in [2.24, 2.45) is 0 Å². The van der Waals surface area contributed by atoms with E-state index in [-0.39, 0.29) is 0 Å². The summed E-state index contributed by atoms with van der Waals surface area (Å²) in [5.41, 5.74) is 0. The number of nitrogens with one attached hydrogen (secondary N) is 1. The largest absolute Gasteiger partial charge is 0.370 e. The zero-order valence-corrected chi connectivity index (χ0v) is 10.2. The van der Waals surface area contributed by atoms with E-state index < -0.39 is 0 Å². The molecule has 5 nitrogen and oxygen atoms in total. The zero-order valence-electron chi connectivity index (χ0n) is 10.2. The summed E-state index contributed by atoms with van der Waals surface area (Å²) in [4.78, 5) is 8.89. The highest BCUT2D eigenvalue weighted by molar-refractivity contribution is 5.41. The lowest BCUT2D eigenvalue weighted by Crippen LogP contribution is -2.08. The summed E-state index contributed by atoms with van der Waals surface area (Å²) in [6.07, 6.45) is 5.51. The molecule has 5 heteroatoms. The maximum atomic E-state index is 4.45. The second-order valence-corrected chi connectivity index (χ2v) is 3.76. The normalized spacial score (nSPS) is 10.5. The first-order valence-electron chi connectivity index (χ1n) is 5.95. The van der Waals surface area contributed by atoms with E-state index in [1.54, 1.807) is 10.9 Å². The Morgan fingerprint density at radius 1 is 1.29 bits per heavy atom. The van der Waals surface area contributed by atoms with Crippen molar-refractivity contribution < 1.29 is 0 Å². The molecule has 0 aliphatic carbocycles. The first-order valence-corrected chi connectivity index (χ1v) is 5.95. The van der Waals surface area contributed by atoms with Gasteiger partial charge in [0.1, 0.15) is 11.6 Å². The Kier molecular flexibility index (Phi) is 3.69. The molecule has 0 radical (unpaired) electrons. The van der Waals surface area contributed by atoms with Crippen molar-refractivity contribution in [2.45, 2.75) is 26.7 Å². The molecule has 0 spiro atoms. The van der Waals surface area contributed by atoms with Gasteiger partial charge < -0.3 is 5.32 Å². The zero-order chi connectivity index (χ0) is 12.1. The van der Waals surface area contributed by atoms with Gasteiger partial charge in [0, 0.05) is 31.4 Å². The van der Waals surface area contributed by atoms with Crippen LogP contribution in [0.15, 0.2) is 24.5 Å². The molecule has 0 amide bonds. The number of aromatic nitrogens is 4. The lowest BCUT2D eigenvalue weighted by molar-refractivity contribution is 0.811. The molecule has 0 atom stereocenters. The predicted octanol–water partition coefficient (Wildman–Crippen LogP) is 2.05. The molecule has 2 aromatic heterocycles. The van der Waals surface area contributed by atoms with Crippen molar-refractivity contribution in [3.8, 4) is 5.82 Å². The quantitative estimate of drug-likeness (QED) is 0.855. The Bertz CT molecular complexity index is 464. The molecule has 0 fully saturated rings. The van der Waals surface area contributed by atoms with Gasteiger partial charge in [-0.2, -0.15) is 5.10 Å². The summed E-state index contributed by atoms with van der Waals surface area (Å²) in [5.74, 6) is 2.50. The van der Waals surface area contributed by atoms with Gasteiger partial charge in [-0.05, 0) is 12.5 Å². The molecule has 0 aromatic carbocycles.